The van der Waals surface area contributed by atoms with Crippen LogP contribution in [-0.4, -0.2) is 54.1 Å². The molecule has 1 saturated heterocycles. The molecule has 3 aromatic rings. The third kappa shape index (κ3) is 4.64. The summed E-state index contributed by atoms with van der Waals surface area (Å²) in [5.41, 5.74) is 1.74. The third-order valence-corrected chi connectivity index (χ3v) is 6.32. The molecule has 1 N–H and O–H groups in total. The first kappa shape index (κ1) is 24.4. The zero-order valence-corrected chi connectivity index (χ0v) is 20.7. The van der Waals surface area contributed by atoms with Crippen LogP contribution in [0.3, 0.4) is 0 Å². The van der Waals surface area contributed by atoms with E-state index in [1.165, 1.54) is 32.8 Å². The molecule has 0 bridgehead atoms. The van der Waals surface area contributed by atoms with Crippen LogP contribution in [-0.2, 0) is 14.9 Å². The minimum atomic E-state index is -0.853. The summed E-state index contributed by atoms with van der Waals surface area (Å²) in [6.45, 7) is 4.95. The third-order valence-electron chi connectivity index (χ3n) is 6.11. The Labute approximate surface area is 208 Å². The summed E-state index contributed by atoms with van der Waals surface area (Å²) in [7, 11) is 2.80. The summed E-state index contributed by atoms with van der Waals surface area (Å²) >= 11 is 5.99. The molecule has 1 aliphatic heterocycles. The topological polar surface area (TPSA) is 107 Å². The molecule has 1 aromatic carbocycles. The van der Waals surface area contributed by atoms with Gasteiger partial charge in [-0.3, -0.25) is 4.79 Å². The van der Waals surface area contributed by atoms with Crippen LogP contribution in [0.15, 0.2) is 48.9 Å². The zero-order chi connectivity index (χ0) is 25.2. The second-order valence-corrected chi connectivity index (χ2v) is 8.98. The quantitative estimate of drug-likeness (QED) is 0.389. The van der Waals surface area contributed by atoms with Gasteiger partial charge in [-0.2, -0.15) is 0 Å². The smallest absolute Gasteiger partial charge is 0.358 e. The SMILES string of the molecule is COC(=O)c1cnc(N2CC(C(=O)Nc3cnc(Cl)cc3OC)(c3ccccc3C(C)C)C2)cn1. The molecule has 35 heavy (non-hydrogen) atoms. The second-order valence-electron chi connectivity index (χ2n) is 8.59. The van der Waals surface area contributed by atoms with Gasteiger partial charge in [-0.15, -0.1) is 0 Å². The van der Waals surface area contributed by atoms with Crippen molar-refractivity contribution >= 4 is 35.0 Å². The van der Waals surface area contributed by atoms with Crippen LogP contribution in [0.1, 0.15) is 41.4 Å². The molecule has 0 radical (unpaired) electrons. The van der Waals surface area contributed by atoms with E-state index in [1.807, 2.05) is 29.2 Å². The number of hydrogen-bond acceptors (Lipinski definition) is 8. The highest BCUT2D eigenvalue weighted by molar-refractivity contribution is 6.29. The number of nitrogens with one attached hydrogen (secondary N) is 1. The number of amides is 1. The number of carbonyl (C=O) groups is 2. The first-order chi connectivity index (χ1) is 16.8. The number of rotatable bonds is 7. The molecule has 0 saturated carbocycles. The van der Waals surface area contributed by atoms with E-state index in [4.69, 9.17) is 16.3 Å². The van der Waals surface area contributed by atoms with E-state index in [0.717, 1.165) is 11.1 Å². The van der Waals surface area contributed by atoms with Crippen molar-refractivity contribution in [3.8, 4) is 5.75 Å². The van der Waals surface area contributed by atoms with E-state index < -0.39 is 11.4 Å². The normalized spacial score (nSPS) is 14.3. The summed E-state index contributed by atoms with van der Waals surface area (Å²) in [4.78, 5) is 40.1. The molecule has 1 aliphatic rings. The van der Waals surface area contributed by atoms with E-state index in [0.29, 0.717) is 30.3 Å². The molecule has 0 aliphatic carbocycles. The Morgan fingerprint density at radius 3 is 2.46 bits per heavy atom. The number of hydrogen-bond donors (Lipinski definition) is 1. The summed E-state index contributed by atoms with van der Waals surface area (Å²) in [5.74, 6) is 0.455. The number of ether oxygens (including phenoxy) is 2. The van der Waals surface area contributed by atoms with E-state index in [1.54, 1.807) is 6.07 Å². The van der Waals surface area contributed by atoms with Crippen LogP contribution in [0.25, 0.3) is 0 Å². The van der Waals surface area contributed by atoms with Gasteiger partial charge in [0.25, 0.3) is 0 Å². The van der Waals surface area contributed by atoms with Crippen LogP contribution < -0.4 is 15.0 Å². The lowest BCUT2D eigenvalue weighted by Crippen LogP contribution is -2.65. The van der Waals surface area contributed by atoms with Gasteiger partial charge in [-0.05, 0) is 17.0 Å². The number of aromatic nitrogens is 3. The van der Waals surface area contributed by atoms with Crippen molar-refractivity contribution in [1.29, 1.82) is 0 Å². The minimum absolute atomic E-state index is 0.119. The molecule has 182 valence electrons. The highest BCUT2D eigenvalue weighted by Gasteiger charge is 2.52. The molecule has 9 nitrogen and oxygen atoms in total. The lowest BCUT2D eigenvalue weighted by atomic mass is 9.69. The van der Waals surface area contributed by atoms with Gasteiger partial charge in [0.05, 0.1) is 32.8 Å². The van der Waals surface area contributed by atoms with Gasteiger partial charge in [0.2, 0.25) is 5.91 Å². The first-order valence-corrected chi connectivity index (χ1v) is 11.4. The fourth-order valence-electron chi connectivity index (χ4n) is 4.25. The number of anilines is 2. The summed E-state index contributed by atoms with van der Waals surface area (Å²) < 4.78 is 10.1. The van der Waals surface area contributed by atoms with Gasteiger partial charge in [0.1, 0.15) is 27.8 Å². The maximum absolute atomic E-state index is 13.9. The van der Waals surface area contributed by atoms with Crippen LogP contribution >= 0.6 is 11.6 Å². The number of nitrogens with zero attached hydrogens (tertiary/aromatic N) is 4. The van der Waals surface area contributed by atoms with Gasteiger partial charge in [0, 0.05) is 19.2 Å². The van der Waals surface area contributed by atoms with Crippen LogP contribution in [0.4, 0.5) is 11.5 Å². The molecule has 0 spiro atoms. The zero-order valence-electron chi connectivity index (χ0n) is 19.9. The average Bonchev–Trinajstić information content (AvgIpc) is 2.84. The Morgan fingerprint density at radius 1 is 1.09 bits per heavy atom. The maximum atomic E-state index is 13.9. The fourth-order valence-corrected chi connectivity index (χ4v) is 4.40. The number of methoxy groups -OCH3 is 2. The lowest BCUT2D eigenvalue weighted by molar-refractivity contribution is -0.122. The van der Waals surface area contributed by atoms with Crippen LogP contribution in [0, 0.1) is 0 Å². The summed E-state index contributed by atoms with van der Waals surface area (Å²) in [6.07, 6.45) is 4.36. The molecule has 1 fully saturated rings. The maximum Gasteiger partial charge on any atom is 0.358 e. The highest BCUT2D eigenvalue weighted by atomic mass is 35.5. The Bertz CT molecular complexity index is 1240. The van der Waals surface area contributed by atoms with E-state index >= 15 is 0 Å². The predicted molar refractivity (Wildman–Crippen MR) is 132 cm³/mol. The molecule has 1 amide bonds. The van der Waals surface area contributed by atoms with Crippen molar-refractivity contribution in [2.45, 2.75) is 25.2 Å². The van der Waals surface area contributed by atoms with Crippen molar-refractivity contribution in [3.05, 3.63) is 70.9 Å². The molecule has 0 atom stereocenters. The van der Waals surface area contributed by atoms with Crippen molar-refractivity contribution in [2.75, 3.05) is 37.5 Å². The summed E-state index contributed by atoms with van der Waals surface area (Å²) in [6, 6.07) is 9.51. The number of halogens is 1. The fraction of sp³-hybridized carbons (Fsp3) is 0.320. The Kier molecular flexibility index (Phi) is 6.88. The molecule has 0 unspecified atom stereocenters. The number of esters is 1. The first-order valence-electron chi connectivity index (χ1n) is 11.0. The van der Waals surface area contributed by atoms with E-state index in [9.17, 15) is 9.59 Å². The van der Waals surface area contributed by atoms with Crippen molar-refractivity contribution in [1.82, 2.24) is 15.0 Å². The van der Waals surface area contributed by atoms with Crippen molar-refractivity contribution in [3.63, 3.8) is 0 Å². The highest BCUT2D eigenvalue weighted by Crippen LogP contribution is 2.42. The molecule has 10 heteroatoms. The average molecular weight is 496 g/mol. The Balaban J connectivity index is 1.68. The minimum Gasteiger partial charge on any atom is -0.494 e. The molecule has 4 rings (SSSR count). The molecular weight excluding hydrogens is 470 g/mol. The predicted octanol–water partition coefficient (Wildman–Crippen LogP) is 3.84. The molecular formula is C25H26ClN5O4. The van der Waals surface area contributed by atoms with Gasteiger partial charge >= 0.3 is 5.97 Å². The Hall–Kier alpha value is -3.72. The standard InChI is InChI=1S/C25H26ClN5O4/c1-15(2)16-7-5-6-8-17(16)25(24(33)30-18-10-28-21(26)9-20(18)34-3)13-31(14-25)22-12-27-19(11-29-22)23(32)35-4/h5-12,15H,13-14H2,1-4H3,(H,30,33). The van der Waals surface area contributed by atoms with Crippen molar-refractivity contribution in [2.24, 2.45) is 0 Å². The van der Waals surface area contributed by atoms with E-state index in [2.05, 4.69) is 38.9 Å². The lowest BCUT2D eigenvalue weighted by Gasteiger charge is -2.50. The number of benzene rings is 1. The largest absolute Gasteiger partial charge is 0.494 e. The van der Waals surface area contributed by atoms with Gasteiger partial charge in [0.15, 0.2) is 5.69 Å². The number of carbonyl (C=O) groups excluding carboxylic acids is 2. The van der Waals surface area contributed by atoms with Crippen molar-refractivity contribution < 1.29 is 19.1 Å². The second kappa shape index (κ2) is 9.87. The molecule has 3 heterocycles. The van der Waals surface area contributed by atoms with E-state index in [-0.39, 0.29) is 22.7 Å². The molecule has 2 aromatic heterocycles. The van der Waals surface area contributed by atoms with Gasteiger partial charge in [-0.1, -0.05) is 49.7 Å². The number of pyridine rings is 1. The Morgan fingerprint density at radius 2 is 1.83 bits per heavy atom. The van der Waals surface area contributed by atoms with Gasteiger partial charge in [-0.25, -0.2) is 19.7 Å². The monoisotopic (exact) mass is 495 g/mol. The van der Waals surface area contributed by atoms with Gasteiger partial charge < -0.3 is 19.7 Å². The van der Waals surface area contributed by atoms with Crippen LogP contribution in [0.2, 0.25) is 5.15 Å². The van der Waals surface area contributed by atoms with Crippen LogP contribution in [0.5, 0.6) is 5.75 Å². The summed E-state index contributed by atoms with van der Waals surface area (Å²) in [5, 5.41) is 3.26.